The summed E-state index contributed by atoms with van der Waals surface area (Å²) in [4.78, 5) is 15.3. The first-order valence-electron chi connectivity index (χ1n) is 9.54. The molecule has 26 heavy (non-hydrogen) atoms. The zero-order valence-electron chi connectivity index (χ0n) is 15.4. The molecule has 2 aromatic carbocycles. The third-order valence-electron chi connectivity index (χ3n) is 5.60. The van der Waals surface area contributed by atoms with E-state index in [1.165, 1.54) is 12.0 Å². The Morgan fingerprint density at radius 1 is 1.08 bits per heavy atom. The van der Waals surface area contributed by atoms with Gasteiger partial charge >= 0.3 is 0 Å². The third-order valence-corrected chi connectivity index (χ3v) is 5.60. The minimum atomic E-state index is 0.281. The summed E-state index contributed by atoms with van der Waals surface area (Å²) >= 11 is 0. The Labute approximate surface area is 155 Å². The van der Waals surface area contributed by atoms with Gasteiger partial charge in [-0.15, -0.1) is 0 Å². The molecule has 4 rings (SSSR count). The number of nitrogens with zero attached hydrogens (tertiary/aromatic N) is 2. The van der Waals surface area contributed by atoms with Crippen molar-refractivity contribution in [2.75, 3.05) is 13.1 Å². The van der Waals surface area contributed by atoms with Gasteiger partial charge in [0.2, 0.25) is 0 Å². The van der Waals surface area contributed by atoms with Gasteiger partial charge in [-0.3, -0.25) is 9.69 Å². The summed E-state index contributed by atoms with van der Waals surface area (Å²) in [7, 11) is 2.01. The Balaban J connectivity index is 1.33. The van der Waals surface area contributed by atoms with Crippen LogP contribution in [-0.2, 0) is 13.6 Å². The summed E-state index contributed by atoms with van der Waals surface area (Å²) in [5, 5.41) is 1.08. The van der Waals surface area contributed by atoms with Crippen molar-refractivity contribution in [3.8, 4) is 0 Å². The maximum absolute atomic E-state index is 12.8. The molecule has 1 atom stereocenters. The van der Waals surface area contributed by atoms with Gasteiger partial charge in [-0.25, -0.2) is 0 Å². The van der Waals surface area contributed by atoms with E-state index < -0.39 is 0 Å². The van der Waals surface area contributed by atoms with Gasteiger partial charge in [-0.1, -0.05) is 48.5 Å². The van der Waals surface area contributed by atoms with Gasteiger partial charge in [0, 0.05) is 49.2 Å². The molecule has 0 radical (unpaired) electrons. The number of likely N-dealkylation sites (tertiary alicyclic amines) is 1. The Hall–Kier alpha value is -2.39. The smallest absolute Gasteiger partial charge is 0.165 e. The van der Waals surface area contributed by atoms with Gasteiger partial charge in [-0.05, 0) is 36.9 Å². The maximum atomic E-state index is 12.8. The monoisotopic (exact) mass is 346 g/mol. The number of fused-ring (bicyclic) bond motifs is 1. The number of aryl methyl sites for hydroxylation is 1. The Kier molecular flexibility index (Phi) is 4.89. The molecular formula is C23H26N2O. The summed E-state index contributed by atoms with van der Waals surface area (Å²) in [5.74, 6) is 0.918. The predicted octanol–water partition coefficient (Wildman–Crippen LogP) is 4.66. The highest BCUT2D eigenvalue weighted by Gasteiger charge is 2.23. The lowest BCUT2D eigenvalue weighted by molar-refractivity contribution is 0.0975. The number of carbonyl (C=O) groups is 1. The van der Waals surface area contributed by atoms with Crippen molar-refractivity contribution >= 4 is 16.7 Å². The number of hydrogen-bond donors (Lipinski definition) is 0. The van der Waals surface area contributed by atoms with Crippen LogP contribution in [0.5, 0.6) is 0 Å². The molecule has 3 aromatic rings. The second kappa shape index (κ2) is 7.46. The lowest BCUT2D eigenvalue weighted by Crippen LogP contribution is -2.20. The molecule has 3 nitrogen and oxygen atoms in total. The van der Waals surface area contributed by atoms with Gasteiger partial charge < -0.3 is 4.57 Å². The van der Waals surface area contributed by atoms with E-state index in [2.05, 4.69) is 51.9 Å². The van der Waals surface area contributed by atoms with Crippen LogP contribution in [0.3, 0.4) is 0 Å². The van der Waals surface area contributed by atoms with Gasteiger partial charge in [0.05, 0.1) is 0 Å². The summed E-state index contributed by atoms with van der Waals surface area (Å²) in [6, 6.07) is 18.8. The first-order chi connectivity index (χ1) is 12.7. The molecule has 0 bridgehead atoms. The maximum Gasteiger partial charge on any atom is 0.165 e. The Bertz CT molecular complexity index is 897. The van der Waals surface area contributed by atoms with Crippen LogP contribution >= 0.6 is 0 Å². The molecule has 134 valence electrons. The highest BCUT2D eigenvalue weighted by atomic mass is 16.1. The largest absolute Gasteiger partial charge is 0.350 e. The van der Waals surface area contributed by atoms with E-state index in [9.17, 15) is 4.79 Å². The van der Waals surface area contributed by atoms with Crippen LogP contribution in [0.1, 0.15) is 35.2 Å². The van der Waals surface area contributed by atoms with Crippen LogP contribution in [0.25, 0.3) is 10.9 Å². The first-order valence-corrected chi connectivity index (χ1v) is 9.54. The lowest BCUT2D eigenvalue weighted by atomic mass is 9.98. The number of rotatable bonds is 6. The number of para-hydroxylation sites is 1. The molecular weight excluding hydrogens is 320 g/mol. The fraction of sp³-hybridized carbons (Fsp3) is 0.348. The fourth-order valence-electron chi connectivity index (χ4n) is 4.17. The van der Waals surface area contributed by atoms with Crippen molar-refractivity contribution in [3.63, 3.8) is 0 Å². The molecule has 1 aliphatic heterocycles. The molecule has 0 spiro atoms. The van der Waals surface area contributed by atoms with Crippen molar-refractivity contribution in [1.29, 1.82) is 0 Å². The second-order valence-electron chi connectivity index (χ2n) is 7.51. The van der Waals surface area contributed by atoms with Crippen LogP contribution in [0.4, 0.5) is 0 Å². The van der Waals surface area contributed by atoms with Gasteiger partial charge in [0.1, 0.15) is 0 Å². The highest BCUT2D eigenvalue weighted by Crippen LogP contribution is 2.26. The van der Waals surface area contributed by atoms with Crippen molar-refractivity contribution in [1.82, 2.24) is 9.47 Å². The second-order valence-corrected chi connectivity index (χ2v) is 7.51. The first kappa shape index (κ1) is 17.0. The van der Waals surface area contributed by atoms with Crippen LogP contribution in [0.2, 0.25) is 0 Å². The van der Waals surface area contributed by atoms with E-state index in [-0.39, 0.29) is 5.78 Å². The zero-order valence-corrected chi connectivity index (χ0v) is 15.4. The van der Waals surface area contributed by atoms with E-state index in [0.717, 1.165) is 42.5 Å². The molecule has 1 aromatic heterocycles. The average molecular weight is 346 g/mol. The molecule has 1 fully saturated rings. The van der Waals surface area contributed by atoms with Crippen molar-refractivity contribution in [2.45, 2.75) is 25.8 Å². The number of aromatic nitrogens is 1. The molecule has 1 aliphatic rings. The summed E-state index contributed by atoms with van der Waals surface area (Å²) < 4.78 is 2.06. The van der Waals surface area contributed by atoms with Gasteiger partial charge in [-0.2, -0.15) is 0 Å². The number of carbonyl (C=O) groups excluding carboxylic acids is 1. The van der Waals surface area contributed by atoms with Crippen molar-refractivity contribution < 1.29 is 4.79 Å². The molecule has 2 heterocycles. The molecule has 0 aliphatic carbocycles. The Morgan fingerprint density at radius 2 is 1.85 bits per heavy atom. The molecule has 1 unspecified atom stereocenters. The fourth-order valence-corrected chi connectivity index (χ4v) is 4.17. The van der Waals surface area contributed by atoms with E-state index in [1.54, 1.807) is 0 Å². The molecule has 0 amide bonds. The summed E-state index contributed by atoms with van der Waals surface area (Å²) in [6.45, 7) is 3.27. The van der Waals surface area contributed by atoms with Crippen LogP contribution in [0.15, 0.2) is 60.8 Å². The minimum Gasteiger partial charge on any atom is -0.350 e. The molecule has 3 heteroatoms. The van der Waals surface area contributed by atoms with Crippen molar-refractivity contribution in [3.05, 3.63) is 71.9 Å². The quantitative estimate of drug-likeness (QED) is 0.606. The van der Waals surface area contributed by atoms with Crippen LogP contribution in [0, 0.1) is 5.92 Å². The van der Waals surface area contributed by atoms with Gasteiger partial charge in [0.25, 0.3) is 0 Å². The van der Waals surface area contributed by atoms with E-state index in [0.29, 0.717) is 12.3 Å². The highest BCUT2D eigenvalue weighted by molar-refractivity contribution is 6.08. The lowest BCUT2D eigenvalue weighted by Gasteiger charge is -2.16. The average Bonchev–Trinajstić information content (AvgIpc) is 3.25. The minimum absolute atomic E-state index is 0.281. The number of ketones is 1. The Morgan fingerprint density at radius 3 is 2.69 bits per heavy atom. The van der Waals surface area contributed by atoms with Crippen LogP contribution in [-0.4, -0.2) is 28.3 Å². The van der Waals surface area contributed by atoms with E-state index >= 15 is 0 Å². The van der Waals surface area contributed by atoms with Crippen LogP contribution < -0.4 is 0 Å². The van der Waals surface area contributed by atoms with E-state index in [4.69, 9.17) is 0 Å². The van der Waals surface area contributed by atoms with Crippen molar-refractivity contribution in [2.24, 2.45) is 13.0 Å². The number of hydrogen-bond acceptors (Lipinski definition) is 2. The number of benzene rings is 2. The number of Topliss-reactive ketones (excluding diaryl/α,β-unsaturated/α-hetero) is 1. The van der Waals surface area contributed by atoms with Gasteiger partial charge in [0.15, 0.2) is 5.78 Å². The molecule has 1 saturated heterocycles. The normalized spacial score (nSPS) is 17.8. The zero-order chi connectivity index (χ0) is 17.9. The molecule has 0 N–H and O–H groups in total. The molecule has 0 saturated carbocycles. The topological polar surface area (TPSA) is 25.2 Å². The third kappa shape index (κ3) is 3.58. The summed E-state index contributed by atoms with van der Waals surface area (Å²) in [6.07, 6.45) is 4.84. The SMILES string of the molecule is Cn1cc(C(=O)CCC2CCN(Cc3ccccc3)C2)c2ccccc21. The van der Waals surface area contributed by atoms with E-state index in [1.807, 2.05) is 25.4 Å². The predicted molar refractivity (Wildman–Crippen MR) is 106 cm³/mol. The standard InChI is InChI=1S/C23H26N2O/c1-24-17-21(20-9-5-6-10-22(20)24)23(26)12-11-19-13-14-25(16-19)15-18-7-3-2-4-8-18/h2-10,17,19H,11-16H2,1H3. The summed E-state index contributed by atoms with van der Waals surface area (Å²) in [5.41, 5.74) is 3.38.